The number of rotatable bonds is 2. The minimum Gasteiger partial charge on any atom is -0.310 e. The maximum atomic E-state index is 11.6. The highest BCUT2D eigenvalue weighted by atomic mass is 16.2. The highest BCUT2D eigenvalue weighted by molar-refractivity contribution is 6.11. The molecule has 0 fully saturated rings. The molecule has 4 nitrogen and oxygen atoms in total. The molecular weight excluding hydrogens is 180 g/mol. The Kier molecular flexibility index (Phi) is 2.02. The molecule has 1 aromatic rings. The summed E-state index contributed by atoms with van der Waals surface area (Å²) in [4.78, 5) is 22.3. The number of nitrogens with zero attached hydrogens (tertiary/aromatic N) is 1. The van der Waals surface area contributed by atoms with E-state index in [0.717, 1.165) is 0 Å². The Morgan fingerprint density at radius 2 is 1.93 bits per heavy atom. The van der Waals surface area contributed by atoms with E-state index in [1.165, 1.54) is 6.20 Å². The average Bonchev–Trinajstić information content (AvgIpc) is 2.65. The molecule has 1 heterocycles. The number of nitrogens with one attached hydrogen (secondary N) is 1. The van der Waals surface area contributed by atoms with E-state index < -0.39 is 6.03 Å². The second-order valence-electron chi connectivity index (χ2n) is 2.79. The largest absolute Gasteiger partial charge is 0.345 e. The lowest BCUT2D eigenvalue weighted by Gasteiger charge is -1.97. The number of ketones is 1. The van der Waals surface area contributed by atoms with Gasteiger partial charge in [0.25, 0.3) is 0 Å². The van der Waals surface area contributed by atoms with Crippen molar-refractivity contribution in [2.24, 2.45) is 0 Å². The number of allylic oxidation sites excluding steroid dienone is 1. The van der Waals surface area contributed by atoms with Crippen molar-refractivity contribution in [3.05, 3.63) is 47.8 Å². The number of urea groups is 1. The summed E-state index contributed by atoms with van der Waals surface area (Å²) in [5.41, 5.74) is 0.681. The van der Waals surface area contributed by atoms with Gasteiger partial charge >= 0.3 is 6.03 Å². The van der Waals surface area contributed by atoms with Crippen molar-refractivity contribution in [1.82, 2.24) is 10.6 Å². The van der Waals surface area contributed by atoms with Gasteiger partial charge in [-0.3, -0.25) is 4.79 Å². The number of carbonyl (C=O) groups excluding carboxylic acids is 2. The van der Waals surface area contributed by atoms with E-state index >= 15 is 0 Å². The zero-order chi connectivity index (χ0) is 9.97. The highest BCUT2D eigenvalue weighted by Crippen LogP contribution is 2.08. The quantitative estimate of drug-likeness (QED) is 0.703. The van der Waals surface area contributed by atoms with E-state index in [2.05, 4.69) is 10.6 Å². The number of carbonyl (C=O) groups is 2. The fraction of sp³-hybridized carbons (Fsp3) is 0. The van der Waals surface area contributed by atoms with Crippen LogP contribution in [-0.4, -0.2) is 11.8 Å². The lowest BCUT2D eigenvalue weighted by atomic mass is 10.1. The van der Waals surface area contributed by atoms with Crippen LogP contribution in [0.15, 0.2) is 42.2 Å². The van der Waals surface area contributed by atoms with Gasteiger partial charge in [-0.05, 0) is 0 Å². The number of benzene rings is 1. The second-order valence-corrected chi connectivity index (χ2v) is 2.79. The summed E-state index contributed by atoms with van der Waals surface area (Å²) in [5, 5.41) is 5.86. The summed E-state index contributed by atoms with van der Waals surface area (Å²) < 4.78 is 0. The van der Waals surface area contributed by atoms with Crippen molar-refractivity contribution in [2.45, 2.75) is 0 Å². The van der Waals surface area contributed by atoms with Crippen molar-refractivity contribution in [3.63, 3.8) is 0 Å². The van der Waals surface area contributed by atoms with E-state index in [9.17, 15) is 9.59 Å². The van der Waals surface area contributed by atoms with Crippen molar-refractivity contribution in [1.29, 1.82) is 0 Å². The van der Waals surface area contributed by atoms with Gasteiger partial charge in [-0.15, -0.1) is 0 Å². The van der Waals surface area contributed by atoms with E-state index in [1.807, 2.05) is 6.07 Å². The minimum absolute atomic E-state index is 0.154. The highest BCUT2D eigenvalue weighted by Gasteiger charge is 2.21. The normalized spacial score (nSPS) is 14.3. The van der Waals surface area contributed by atoms with Crippen LogP contribution < -0.4 is 10.6 Å². The fourth-order valence-corrected chi connectivity index (χ4v) is 1.16. The summed E-state index contributed by atoms with van der Waals surface area (Å²) >= 11 is 0. The third-order valence-corrected chi connectivity index (χ3v) is 1.82. The van der Waals surface area contributed by atoms with Crippen molar-refractivity contribution in [3.8, 4) is 0 Å². The molecule has 1 N–H and O–H groups in total. The number of hydrogen-bond acceptors (Lipinski definition) is 2. The van der Waals surface area contributed by atoms with Crippen LogP contribution in [0.5, 0.6) is 0 Å². The Morgan fingerprint density at radius 3 is 2.50 bits per heavy atom. The molecule has 0 atom stereocenters. The maximum absolute atomic E-state index is 11.6. The molecule has 1 aliphatic rings. The van der Waals surface area contributed by atoms with Crippen LogP contribution in [0, 0.1) is 0 Å². The number of Topliss-reactive ketones (excluding diaryl/α,β-unsaturated/α-hetero) is 1. The molecule has 1 aromatic carbocycles. The van der Waals surface area contributed by atoms with Crippen LogP contribution in [0.3, 0.4) is 0 Å². The molecular formula is C10H7N2O2. The summed E-state index contributed by atoms with van der Waals surface area (Å²) in [6.45, 7) is 0. The van der Waals surface area contributed by atoms with E-state index in [4.69, 9.17) is 0 Å². The van der Waals surface area contributed by atoms with E-state index in [0.29, 0.717) is 5.56 Å². The predicted octanol–water partition coefficient (Wildman–Crippen LogP) is 1.04. The van der Waals surface area contributed by atoms with Gasteiger partial charge in [0.1, 0.15) is 5.70 Å². The van der Waals surface area contributed by atoms with Gasteiger partial charge in [0.15, 0.2) is 0 Å². The molecule has 1 radical (unpaired) electrons. The molecule has 0 bridgehead atoms. The molecule has 1 aliphatic heterocycles. The first-order valence-corrected chi connectivity index (χ1v) is 4.09. The molecule has 0 saturated carbocycles. The standard InChI is InChI=1S/C10H7N2O2/c13-9(7-4-2-1-3-5-7)8-6-11-10(14)12-8/h1-6H,(H,11,14). The smallest absolute Gasteiger partial charge is 0.310 e. The summed E-state index contributed by atoms with van der Waals surface area (Å²) in [6, 6.07) is 8.21. The van der Waals surface area contributed by atoms with Crippen LogP contribution in [0.25, 0.3) is 0 Å². The summed E-state index contributed by atoms with van der Waals surface area (Å²) in [5.74, 6) is -0.246. The average molecular weight is 187 g/mol. The van der Waals surface area contributed by atoms with Crippen LogP contribution in [0.2, 0.25) is 0 Å². The molecule has 0 spiro atoms. The molecule has 2 amide bonds. The number of amides is 2. The van der Waals surface area contributed by atoms with E-state index in [1.54, 1.807) is 24.3 Å². The molecule has 0 aromatic heterocycles. The van der Waals surface area contributed by atoms with Crippen molar-refractivity contribution < 1.29 is 9.59 Å². The van der Waals surface area contributed by atoms with Crippen molar-refractivity contribution in [2.75, 3.05) is 0 Å². The Bertz CT molecular complexity index is 409. The van der Waals surface area contributed by atoms with Crippen molar-refractivity contribution >= 4 is 11.8 Å². The van der Waals surface area contributed by atoms with Gasteiger partial charge in [0.05, 0.1) is 0 Å². The fourth-order valence-electron chi connectivity index (χ4n) is 1.16. The second kappa shape index (κ2) is 3.33. The molecule has 0 saturated heterocycles. The minimum atomic E-state index is -0.496. The van der Waals surface area contributed by atoms with Gasteiger partial charge in [-0.1, -0.05) is 30.3 Å². The molecule has 0 aliphatic carbocycles. The first kappa shape index (κ1) is 8.50. The monoisotopic (exact) mass is 187 g/mol. The molecule has 2 rings (SSSR count). The van der Waals surface area contributed by atoms with Crippen LogP contribution in [0.4, 0.5) is 4.79 Å². The Morgan fingerprint density at radius 1 is 1.21 bits per heavy atom. The molecule has 14 heavy (non-hydrogen) atoms. The van der Waals surface area contributed by atoms with E-state index in [-0.39, 0.29) is 11.5 Å². The van der Waals surface area contributed by atoms with Gasteiger partial charge < -0.3 is 5.32 Å². The molecule has 0 unspecified atom stereocenters. The Balaban J connectivity index is 2.22. The third-order valence-electron chi connectivity index (χ3n) is 1.82. The first-order chi connectivity index (χ1) is 6.77. The number of hydrogen-bond donors (Lipinski definition) is 1. The zero-order valence-electron chi connectivity index (χ0n) is 7.23. The summed E-state index contributed by atoms with van der Waals surface area (Å²) in [7, 11) is 0. The topological polar surface area (TPSA) is 60.3 Å². The lowest BCUT2D eigenvalue weighted by molar-refractivity contribution is 0.102. The first-order valence-electron chi connectivity index (χ1n) is 4.09. The SMILES string of the molecule is O=C1[N]C(C(=O)c2ccccc2)=CN1. The van der Waals surface area contributed by atoms with Crippen LogP contribution in [-0.2, 0) is 0 Å². The third kappa shape index (κ3) is 1.50. The summed E-state index contributed by atoms with van der Waals surface area (Å²) in [6.07, 6.45) is 1.32. The Hall–Kier alpha value is -2.10. The van der Waals surface area contributed by atoms with Crippen LogP contribution in [0.1, 0.15) is 10.4 Å². The van der Waals surface area contributed by atoms with Gasteiger partial charge in [0, 0.05) is 11.8 Å². The van der Waals surface area contributed by atoms with Crippen LogP contribution >= 0.6 is 0 Å². The molecule has 4 heteroatoms. The predicted molar refractivity (Wildman–Crippen MR) is 49.5 cm³/mol. The van der Waals surface area contributed by atoms with Gasteiger partial charge in [-0.25, -0.2) is 4.79 Å². The van der Waals surface area contributed by atoms with Gasteiger partial charge in [0.2, 0.25) is 5.78 Å². The zero-order valence-corrected chi connectivity index (χ0v) is 7.23. The Labute approximate surface area is 80.6 Å². The molecule has 69 valence electrons. The van der Waals surface area contributed by atoms with Gasteiger partial charge in [-0.2, -0.15) is 5.32 Å². The lowest BCUT2D eigenvalue weighted by Crippen LogP contribution is -2.18. The maximum Gasteiger partial charge on any atom is 0.345 e.